The number of rotatable bonds is 4. The SMILES string of the molecule is Cc1ccc(N)c(S(=O)(=O)Nc2ccc(CO)cc2)c1C. The van der Waals surface area contributed by atoms with E-state index < -0.39 is 10.0 Å². The first-order valence-corrected chi connectivity index (χ1v) is 7.92. The molecule has 21 heavy (non-hydrogen) atoms. The summed E-state index contributed by atoms with van der Waals surface area (Å²) in [6.45, 7) is 3.48. The molecule has 2 aromatic carbocycles. The molecule has 0 saturated carbocycles. The smallest absolute Gasteiger partial charge is 0.264 e. The van der Waals surface area contributed by atoms with Crippen molar-refractivity contribution in [1.82, 2.24) is 0 Å². The molecule has 0 heterocycles. The highest BCUT2D eigenvalue weighted by atomic mass is 32.2. The second-order valence-electron chi connectivity index (χ2n) is 4.89. The number of sulfonamides is 1. The minimum atomic E-state index is -3.75. The van der Waals surface area contributed by atoms with Crippen LogP contribution in [0.2, 0.25) is 0 Å². The van der Waals surface area contributed by atoms with Crippen LogP contribution in [0.25, 0.3) is 0 Å². The van der Waals surface area contributed by atoms with E-state index >= 15 is 0 Å². The van der Waals surface area contributed by atoms with Crippen LogP contribution in [0, 0.1) is 13.8 Å². The van der Waals surface area contributed by atoms with Gasteiger partial charge in [0.1, 0.15) is 4.90 Å². The van der Waals surface area contributed by atoms with Crippen LogP contribution in [-0.4, -0.2) is 13.5 Å². The Hall–Kier alpha value is -2.05. The van der Waals surface area contributed by atoms with Gasteiger partial charge in [0.2, 0.25) is 0 Å². The van der Waals surface area contributed by atoms with E-state index in [4.69, 9.17) is 10.8 Å². The van der Waals surface area contributed by atoms with E-state index in [9.17, 15) is 8.42 Å². The number of aliphatic hydroxyl groups is 1. The Kier molecular flexibility index (Phi) is 4.20. The van der Waals surface area contributed by atoms with Gasteiger partial charge in [-0.15, -0.1) is 0 Å². The van der Waals surface area contributed by atoms with Crippen molar-refractivity contribution in [2.75, 3.05) is 10.5 Å². The molecule has 0 aliphatic heterocycles. The molecular formula is C15H18N2O3S. The fraction of sp³-hybridized carbons (Fsp3) is 0.200. The lowest BCUT2D eigenvalue weighted by Gasteiger charge is -2.14. The van der Waals surface area contributed by atoms with Crippen LogP contribution in [0.15, 0.2) is 41.3 Å². The van der Waals surface area contributed by atoms with Crippen molar-refractivity contribution in [2.24, 2.45) is 0 Å². The van der Waals surface area contributed by atoms with Crippen molar-refractivity contribution in [3.63, 3.8) is 0 Å². The molecule has 0 spiro atoms. The molecule has 5 nitrogen and oxygen atoms in total. The normalized spacial score (nSPS) is 11.4. The third-order valence-corrected chi connectivity index (χ3v) is 4.95. The predicted molar refractivity (Wildman–Crippen MR) is 83.5 cm³/mol. The summed E-state index contributed by atoms with van der Waals surface area (Å²) in [5.74, 6) is 0. The first kappa shape index (κ1) is 15.3. The molecule has 0 bridgehead atoms. The summed E-state index contributed by atoms with van der Waals surface area (Å²) in [4.78, 5) is 0.105. The lowest BCUT2D eigenvalue weighted by atomic mass is 10.1. The van der Waals surface area contributed by atoms with Crippen LogP contribution in [0.4, 0.5) is 11.4 Å². The Balaban J connectivity index is 2.41. The van der Waals surface area contributed by atoms with Crippen molar-refractivity contribution in [3.05, 3.63) is 53.1 Å². The molecule has 4 N–H and O–H groups in total. The highest BCUT2D eigenvalue weighted by Crippen LogP contribution is 2.27. The Labute approximate surface area is 124 Å². The van der Waals surface area contributed by atoms with E-state index in [1.807, 2.05) is 6.92 Å². The quantitative estimate of drug-likeness (QED) is 0.755. The number of aryl methyl sites for hydroxylation is 1. The number of nitrogen functional groups attached to an aromatic ring is 1. The molecular weight excluding hydrogens is 288 g/mol. The zero-order valence-corrected chi connectivity index (χ0v) is 12.7. The molecule has 0 atom stereocenters. The van der Waals surface area contributed by atoms with Crippen LogP contribution in [-0.2, 0) is 16.6 Å². The fourth-order valence-corrected chi connectivity index (χ4v) is 3.54. The van der Waals surface area contributed by atoms with Gasteiger partial charge >= 0.3 is 0 Å². The molecule has 6 heteroatoms. The molecule has 0 unspecified atom stereocenters. The number of benzene rings is 2. The first-order chi connectivity index (χ1) is 9.85. The predicted octanol–water partition coefficient (Wildman–Crippen LogP) is 2.18. The van der Waals surface area contributed by atoms with Gasteiger partial charge in [0.25, 0.3) is 10.0 Å². The molecule has 0 fully saturated rings. The Bertz CT molecular complexity index is 753. The third-order valence-electron chi connectivity index (χ3n) is 3.36. The first-order valence-electron chi connectivity index (χ1n) is 6.43. The van der Waals surface area contributed by atoms with Crippen molar-refractivity contribution >= 4 is 21.4 Å². The molecule has 0 aromatic heterocycles. The second-order valence-corrected chi connectivity index (χ2v) is 6.51. The molecule has 0 aliphatic carbocycles. The van der Waals surface area contributed by atoms with E-state index in [2.05, 4.69) is 4.72 Å². The van der Waals surface area contributed by atoms with Gasteiger partial charge < -0.3 is 10.8 Å². The van der Waals surface area contributed by atoms with E-state index in [1.54, 1.807) is 43.3 Å². The largest absolute Gasteiger partial charge is 0.398 e. The zero-order valence-electron chi connectivity index (χ0n) is 11.9. The van der Waals surface area contributed by atoms with Crippen molar-refractivity contribution in [3.8, 4) is 0 Å². The van der Waals surface area contributed by atoms with E-state index in [0.717, 1.165) is 5.56 Å². The topological polar surface area (TPSA) is 92.4 Å². The summed E-state index contributed by atoms with van der Waals surface area (Å²) in [5, 5.41) is 8.99. The van der Waals surface area contributed by atoms with Gasteiger partial charge in [-0.2, -0.15) is 0 Å². The van der Waals surface area contributed by atoms with Crippen LogP contribution in [0.3, 0.4) is 0 Å². The summed E-state index contributed by atoms with van der Waals surface area (Å²) >= 11 is 0. The average molecular weight is 306 g/mol. The van der Waals surface area contributed by atoms with Gasteiger partial charge in [0.15, 0.2) is 0 Å². The standard InChI is InChI=1S/C15H18N2O3S/c1-10-3-8-14(16)15(11(10)2)21(19,20)17-13-6-4-12(9-18)5-7-13/h3-8,17-18H,9,16H2,1-2H3. The van der Waals surface area contributed by atoms with Gasteiger partial charge in [-0.05, 0) is 48.7 Å². The second kappa shape index (κ2) is 5.75. The monoisotopic (exact) mass is 306 g/mol. The molecule has 2 aromatic rings. The number of nitrogens with one attached hydrogen (secondary N) is 1. The fourth-order valence-electron chi connectivity index (χ4n) is 2.05. The maximum absolute atomic E-state index is 12.5. The highest BCUT2D eigenvalue weighted by molar-refractivity contribution is 7.93. The average Bonchev–Trinajstić information content (AvgIpc) is 2.43. The number of hydrogen-bond acceptors (Lipinski definition) is 4. The van der Waals surface area contributed by atoms with E-state index in [0.29, 0.717) is 16.8 Å². The van der Waals surface area contributed by atoms with Gasteiger partial charge in [-0.25, -0.2) is 8.42 Å². The lowest BCUT2D eigenvalue weighted by Crippen LogP contribution is -2.16. The molecule has 2 rings (SSSR count). The molecule has 0 radical (unpaired) electrons. The van der Waals surface area contributed by atoms with Crippen molar-refractivity contribution in [1.29, 1.82) is 0 Å². The van der Waals surface area contributed by atoms with Crippen molar-refractivity contribution < 1.29 is 13.5 Å². The summed E-state index contributed by atoms with van der Waals surface area (Å²) in [6.07, 6.45) is 0. The number of anilines is 2. The van der Waals surface area contributed by atoms with Crippen LogP contribution < -0.4 is 10.5 Å². The number of nitrogens with two attached hydrogens (primary N) is 1. The summed E-state index contributed by atoms with van der Waals surface area (Å²) in [5.41, 5.74) is 8.67. The van der Waals surface area contributed by atoms with Crippen molar-refractivity contribution in [2.45, 2.75) is 25.3 Å². The summed E-state index contributed by atoms with van der Waals surface area (Å²) < 4.78 is 27.5. The number of hydrogen-bond donors (Lipinski definition) is 3. The minimum Gasteiger partial charge on any atom is -0.398 e. The zero-order chi connectivity index (χ0) is 15.6. The van der Waals surface area contributed by atoms with Crippen LogP contribution in [0.1, 0.15) is 16.7 Å². The Morgan fingerprint density at radius 3 is 2.29 bits per heavy atom. The van der Waals surface area contributed by atoms with E-state index in [-0.39, 0.29) is 17.2 Å². The lowest BCUT2D eigenvalue weighted by molar-refractivity contribution is 0.282. The molecule has 0 saturated heterocycles. The summed E-state index contributed by atoms with van der Waals surface area (Å²) in [6, 6.07) is 9.90. The molecule has 0 aliphatic rings. The minimum absolute atomic E-state index is 0.0863. The van der Waals surface area contributed by atoms with E-state index in [1.165, 1.54) is 0 Å². The molecule has 112 valence electrons. The maximum Gasteiger partial charge on any atom is 0.264 e. The molecule has 0 amide bonds. The van der Waals surface area contributed by atoms with Crippen LogP contribution in [0.5, 0.6) is 0 Å². The third kappa shape index (κ3) is 3.17. The van der Waals surface area contributed by atoms with Gasteiger partial charge in [-0.1, -0.05) is 18.2 Å². The Morgan fingerprint density at radius 1 is 1.10 bits per heavy atom. The van der Waals surface area contributed by atoms with Gasteiger partial charge in [0, 0.05) is 5.69 Å². The highest BCUT2D eigenvalue weighted by Gasteiger charge is 2.21. The number of aliphatic hydroxyl groups excluding tert-OH is 1. The van der Waals surface area contributed by atoms with Crippen LogP contribution >= 0.6 is 0 Å². The maximum atomic E-state index is 12.5. The summed E-state index contributed by atoms with van der Waals surface area (Å²) in [7, 11) is -3.75. The van der Waals surface area contributed by atoms with Gasteiger partial charge in [-0.3, -0.25) is 4.72 Å². The van der Waals surface area contributed by atoms with Gasteiger partial charge in [0.05, 0.1) is 12.3 Å². The Morgan fingerprint density at radius 2 is 1.71 bits per heavy atom.